The normalized spacial score (nSPS) is 12.6. The van der Waals surface area contributed by atoms with Crippen LogP contribution in [0.1, 0.15) is 31.9 Å². The fraction of sp³-hybridized carbons (Fsp3) is 0.310. The number of amides is 2. The number of carbonyl (C=O) groups is 2. The molecule has 3 aromatic rings. The van der Waals surface area contributed by atoms with E-state index in [9.17, 15) is 35.6 Å². The van der Waals surface area contributed by atoms with E-state index in [0.717, 1.165) is 23.1 Å². The third-order valence-corrected chi connectivity index (χ3v) is 8.01. The first-order valence-corrected chi connectivity index (χ1v) is 14.2. The third-order valence-electron chi connectivity index (χ3n) is 6.22. The van der Waals surface area contributed by atoms with Crippen molar-refractivity contribution in [1.29, 1.82) is 0 Å². The van der Waals surface area contributed by atoms with Crippen molar-refractivity contribution in [2.24, 2.45) is 5.92 Å². The molecule has 0 aliphatic carbocycles. The molecule has 0 heterocycles. The van der Waals surface area contributed by atoms with Gasteiger partial charge >= 0.3 is 6.18 Å². The minimum atomic E-state index is -4.78. The van der Waals surface area contributed by atoms with Crippen LogP contribution in [-0.4, -0.2) is 44.3 Å². The summed E-state index contributed by atoms with van der Waals surface area (Å²) in [6, 6.07) is 14.9. The molecule has 0 saturated heterocycles. The summed E-state index contributed by atoms with van der Waals surface area (Å²) >= 11 is 0. The van der Waals surface area contributed by atoms with Gasteiger partial charge in [-0.05, 0) is 49.2 Å². The Balaban J connectivity index is 2.07. The van der Waals surface area contributed by atoms with Crippen LogP contribution in [0.15, 0.2) is 83.8 Å². The van der Waals surface area contributed by atoms with Crippen LogP contribution in [-0.2, 0) is 32.3 Å². The highest BCUT2D eigenvalue weighted by molar-refractivity contribution is 7.92. The standard InChI is InChI=1S/C29H31F4N3O4S/c1-20(2)17-34-28(38)21(3)35(18-22-10-7-8-15-26(22)30)27(37)19-36(41(39,40)25-13-5-4-6-14-25)24-12-9-11-23(16-24)29(31,32)33/h4-16,20-21H,17-19H2,1-3H3,(H,34,38). The van der Waals surface area contributed by atoms with Crippen molar-refractivity contribution in [3.05, 3.63) is 95.8 Å². The summed E-state index contributed by atoms with van der Waals surface area (Å²) in [5, 5.41) is 2.70. The molecule has 0 saturated carbocycles. The minimum Gasteiger partial charge on any atom is -0.354 e. The molecule has 1 unspecified atom stereocenters. The van der Waals surface area contributed by atoms with Crippen LogP contribution < -0.4 is 9.62 Å². The van der Waals surface area contributed by atoms with Crippen LogP contribution in [0.25, 0.3) is 0 Å². The van der Waals surface area contributed by atoms with Crippen molar-refractivity contribution in [3.8, 4) is 0 Å². The van der Waals surface area contributed by atoms with Gasteiger partial charge in [0.2, 0.25) is 11.8 Å². The molecule has 220 valence electrons. The largest absolute Gasteiger partial charge is 0.416 e. The van der Waals surface area contributed by atoms with Crippen LogP contribution in [0.4, 0.5) is 23.2 Å². The molecule has 3 aromatic carbocycles. The Morgan fingerprint density at radius 1 is 0.902 bits per heavy atom. The van der Waals surface area contributed by atoms with Gasteiger partial charge in [0.1, 0.15) is 18.4 Å². The zero-order valence-corrected chi connectivity index (χ0v) is 23.5. The van der Waals surface area contributed by atoms with Gasteiger partial charge in [-0.3, -0.25) is 13.9 Å². The monoisotopic (exact) mass is 593 g/mol. The summed E-state index contributed by atoms with van der Waals surface area (Å²) in [6.07, 6.45) is -4.78. The lowest BCUT2D eigenvalue weighted by molar-refractivity contribution is -0.139. The van der Waals surface area contributed by atoms with Crippen molar-refractivity contribution in [2.45, 2.75) is 44.4 Å². The van der Waals surface area contributed by atoms with Crippen LogP contribution in [0.2, 0.25) is 0 Å². The van der Waals surface area contributed by atoms with Gasteiger partial charge in [0.25, 0.3) is 10.0 Å². The maximum absolute atomic E-state index is 14.6. The van der Waals surface area contributed by atoms with Gasteiger partial charge in [-0.2, -0.15) is 13.2 Å². The number of sulfonamides is 1. The van der Waals surface area contributed by atoms with Gasteiger partial charge in [-0.15, -0.1) is 0 Å². The summed E-state index contributed by atoms with van der Waals surface area (Å²) in [5.74, 6) is -2.03. The van der Waals surface area contributed by atoms with Crippen molar-refractivity contribution < 1.29 is 35.6 Å². The molecular weight excluding hydrogens is 562 g/mol. The minimum absolute atomic E-state index is 0.0703. The number of nitrogens with zero attached hydrogens (tertiary/aromatic N) is 2. The topological polar surface area (TPSA) is 86.8 Å². The second-order valence-corrected chi connectivity index (χ2v) is 11.7. The molecule has 1 atom stereocenters. The van der Waals surface area contributed by atoms with Gasteiger partial charge in [0.15, 0.2) is 0 Å². The molecule has 0 aliphatic rings. The van der Waals surface area contributed by atoms with E-state index in [1.165, 1.54) is 49.4 Å². The summed E-state index contributed by atoms with van der Waals surface area (Å²) < 4.78 is 83.1. The van der Waals surface area contributed by atoms with Crippen LogP contribution in [0.3, 0.4) is 0 Å². The lowest BCUT2D eigenvalue weighted by atomic mass is 10.1. The molecule has 41 heavy (non-hydrogen) atoms. The summed E-state index contributed by atoms with van der Waals surface area (Å²) in [4.78, 5) is 27.5. The molecule has 0 bridgehead atoms. The Morgan fingerprint density at radius 2 is 1.54 bits per heavy atom. The average Bonchev–Trinajstić information content (AvgIpc) is 2.93. The lowest BCUT2D eigenvalue weighted by Gasteiger charge is -2.32. The van der Waals surface area contributed by atoms with Crippen molar-refractivity contribution in [1.82, 2.24) is 10.2 Å². The molecule has 0 aliphatic heterocycles. The van der Waals surface area contributed by atoms with Crippen molar-refractivity contribution >= 4 is 27.5 Å². The highest BCUT2D eigenvalue weighted by Gasteiger charge is 2.35. The van der Waals surface area contributed by atoms with Gasteiger partial charge in [-0.25, -0.2) is 12.8 Å². The van der Waals surface area contributed by atoms with E-state index in [-0.39, 0.29) is 22.9 Å². The van der Waals surface area contributed by atoms with E-state index in [1.54, 1.807) is 12.1 Å². The zero-order valence-electron chi connectivity index (χ0n) is 22.7. The van der Waals surface area contributed by atoms with Crippen LogP contribution in [0, 0.1) is 11.7 Å². The van der Waals surface area contributed by atoms with Gasteiger partial charge in [0, 0.05) is 18.7 Å². The molecular formula is C29H31F4N3O4S. The van der Waals surface area contributed by atoms with E-state index in [2.05, 4.69) is 5.32 Å². The number of anilines is 1. The molecule has 1 N–H and O–H groups in total. The van der Waals surface area contributed by atoms with Gasteiger partial charge < -0.3 is 10.2 Å². The van der Waals surface area contributed by atoms with Gasteiger partial charge in [-0.1, -0.05) is 56.3 Å². The van der Waals surface area contributed by atoms with E-state index in [1.807, 2.05) is 13.8 Å². The SMILES string of the molecule is CC(C)CNC(=O)C(C)N(Cc1ccccc1F)C(=O)CN(c1cccc(C(F)(F)F)c1)S(=O)(=O)c1ccccc1. The molecule has 0 spiro atoms. The maximum atomic E-state index is 14.6. The number of carbonyl (C=O) groups excluding carboxylic acids is 2. The van der Waals surface area contributed by atoms with Crippen molar-refractivity contribution in [3.63, 3.8) is 0 Å². The van der Waals surface area contributed by atoms with Crippen LogP contribution >= 0.6 is 0 Å². The Hall–Kier alpha value is -3.93. The van der Waals surface area contributed by atoms with E-state index < -0.39 is 57.7 Å². The molecule has 0 aromatic heterocycles. The first kappa shape index (κ1) is 31.6. The molecule has 7 nitrogen and oxygen atoms in total. The number of nitrogens with one attached hydrogen (secondary N) is 1. The van der Waals surface area contributed by atoms with E-state index >= 15 is 0 Å². The number of hydrogen-bond donors (Lipinski definition) is 1. The molecule has 0 fully saturated rings. The number of benzene rings is 3. The van der Waals surface area contributed by atoms with Crippen molar-refractivity contribution in [2.75, 3.05) is 17.4 Å². The predicted octanol–water partition coefficient (Wildman–Crippen LogP) is 5.23. The Kier molecular flexibility index (Phi) is 10.1. The smallest absolute Gasteiger partial charge is 0.354 e. The third kappa shape index (κ3) is 8.06. The lowest BCUT2D eigenvalue weighted by Crippen LogP contribution is -2.51. The zero-order chi connectivity index (χ0) is 30.4. The maximum Gasteiger partial charge on any atom is 0.416 e. The highest BCUT2D eigenvalue weighted by Crippen LogP contribution is 2.33. The highest BCUT2D eigenvalue weighted by atomic mass is 32.2. The fourth-order valence-corrected chi connectivity index (χ4v) is 5.36. The van der Waals surface area contributed by atoms with Crippen LogP contribution in [0.5, 0.6) is 0 Å². The molecule has 0 radical (unpaired) electrons. The summed E-state index contributed by atoms with van der Waals surface area (Å²) in [7, 11) is -4.55. The second-order valence-electron chi connectivity index (χ2n) is 9.80. The number of hydrogen-bond acceptors (Lipinski definition) is 4. The quantitative estimate of drug-likeness (QED) is 0.309. The van der Waals surface area contributed by atoms with E-state index in [0.29, 0.717) is 16.9 Å². The summed E-state index contributed by atoms with van der Waals surface area (Å²) in [6.45, 7) is 4.11. The predicted molar refractivity (Wildman–Crippen MR) is 147 cm³/mol. The molecule has 3 rings (SSSR count). The first-order valence-electron chi connectivity index (χ1n) is 12.8. The Bertz CT molecular complexity index is 1460. The Morgan fingerprint density at radius 3 is 2.15 bits per heavy atom. The summed E-state index contributed by atoms with van der Waals surface area (Å²) in [5.41, 5.74) is -1.44. The number of rotatable bonds is 11. The fourth-order valence-electron chi connectivity index (χ4n) is 3.93. The number of halogens is 4. The first-order chi connectivity index (χ1) is 19.2. The molecule has 12 heteroatoms. The van der Waals surface area contributed by atoms with Gasteiger partial charge in [0.05, 0.1) is 16.1 Å². The Labute approximate surface area is 236 Å². The second kappa shape index (κ2) is 13.2. The van der Waals surface area contributed by atoms with E-state index in [4.69, 9.17) is 0 Å². The average molecular weight is 594 g/mol. The number of alkyl halides is 3. The molecule has 2 amide bonds.